The maximum Gasteiger partial charge on any atom is 0.320 e. The van der Waals surface area contributed by atoms with Crippen molar-refractivity contribution in [2.24, 2.45) is 5.92 Å². The molecule has 1 unspecified atom stereocenters. The van der Waals surface area contributed by atoms with Gasteiger partial charge in [-0.2, -0.15) is 0 Å². The monoisotopic (exact) mass is 405 g/mol. The largest absolute Gasteiger partial charge is 0.490 e. The van der Waals surface area contributed by atoms with Crippen LogP contribution in [0.4, 0.5) is 0 Å². The molecule has 0 radical (unpaired) electrons. The molecule has 28 heavy (non-hydrogen) atoms. The predicted octanol–water partition coefficient (Wildman–Crippen LogP) is 4.91. The zero-order valence-electron chi connectivity index (χ0n) is 16.6. The molecule has 0 aliphatic heterocycles. The molecule has 2 rings (SSSR count). The van der Waals surface area contributed by atoms with Crippen molar-refractivity contribution >= 4 is 17.6 Å². The van der Waals surface area contributed by atoms with Crippen LogP contribution in [0.15, 0.2) is 42.5 Å². The number of rotatable bonds is 11. The lowest BCUT2D eigenvalue weighted by atomic mass is 10.0. The SMILES string of the molecule is CCOc1cc(CNC(CC(C)C)C(=O)O)ccc1OCc1ccccc1Cl. The van der Waals surface area contributed by atoms with Gasteiger partial charge in [0.1, 0.15) is 12.6 Å². The summed E-state index contributed by atoms with van der Waals surface area (Å²) >= 11 is 6.18. The van der Waals surface area contributed by atoms with Crippen LogP contribution < -0.4 is 14.8 Å². The van der Waals surface area contributed by atoms with Crippen LogP contribution in [-0.4, -0.2) is 23.7 Å². The van der Waals surface area contributed by atoms with Crippen LogP contribution in [0.25, 0.3) is 0 Å². The maximum absolute atomic E-state index is 11.4. The lowest BCUT2D eigenvalue weighted by Gasteiger charge is -2.18. The molecule has 6 heteroatoms. The molecule has 1 atom stereocenters. The van der Waals surface area contributed by atoms with Gasteiger partial charge in [-0.3, -0.25) is 4.79 Å². The Morgan fingerprint density at radius 1 is 1.14 bits per heavy atom. The first-order chi connectivity index (χ1) is 13.4. The number of carboxylic acid groups (broad SMARTS) is 1. The summed E-state index contributed by atoms with van der Waals surface area (Å²) in [6.45, 7) is 7.21. The normalized spacial score (nSPS) is 12.0. The lowest BCUT2D eigenvalue weighted by molar-refractivity contribution is -0.140. The smallest absolute Gasteiger partial charge is 0.320 e. The lowest BCUT2D eigenvalue weighted by Crippen LogP contribution is -2.37. The average Bonchev–Trinajstić information content (AvgIpc) is 2.65. The Bertz CT molecular complexity index is 779. The minimum atomic E-state index is -0.835. The molecule has 0 fully saturated rings. The van der Waals surface area contributed by atoms with Crippen molar-refractivity contribution in [2.75, 3.05) is 6.61 Å². The second-order valence-electron chi connectivity index (χ2n) is 7.00. The van der Waals surface area contributed by atoms with Gasteiger partial charge in [-0.15, -0.1) is 0 Å². The molecule has 0 aromatic heterocycles. The Hall–Kier alpha value is -2.24. The van der Waals surface area contributed by atoms with E-state index >= 15 is 0 Å². The van der Waals surface area contributed by atoms with Crippen molar-refractivity contribution in [3.63, 3.8) is 0 Å². The number of benzene rings is 2. The molecule has 0 saturated carbocycles. The summed E-state index contributed by atoms with van der Waals surface area (Å²) in [7, 11) is 0. The summed E-state index contributed by atoms with van der Waals surface area (Å²) in [6.07, 6.45) is 0.576. The summed E-state index contributed by atoms with van der Waals surface area (Å²) < 4.78 is 11.6. The van der Waals surface area contributed by atoms with Gasteiger partial charge in [0.2, 0.25) is 0 Å². The molecule has 2 aromatic rings. The number of aliphatic carboxylic acids is 1. The highest BCUT2D eigenvalue weighted by Crippen LogP contribution is 2.30. The van der Waals surface area contributed by atoms with E-state index in [1.54, 1.807) is 0 Å². The third kappa shape index (κ3) is 6.73. The number of nitrogens with one attached hydrogen (secondary N) is 1. The Balaban J connectivity index is 2.06. The molecule has 0 aliphatic carbocycles. The minimum absolute atomic E-state index is 0.299. The van der Waals surface area contributed by atoms with Gasteiger partial charge >= 0.3 is 5.97 Å². The van der Waals surface area contributed by atoms with Crippen LogP contribution in [0.5, 0.6) is 11.5 Å². The van der Waals surface area contributed by atoms with Gasteiger partial charge in [0.25, 0.3) is 0 Å². The fourth-order valence-electron chi connectivity index (χ4n) is 2.80. The van der Waals surface area contributed by atoms with Gasteiger partial charge in [-0.05, 0) is 43.0 Å². The number of carboxylic acids is 1. The fraction of sp³-hybridized carbons (Fsp3) is 0.409. The van der Waals surface area contributed by atoms with Crippen molar-refractivity contribution in [3.8, 4) is 11.5 Å². The molecule has 0 saturated heterocycles. The zero-order chi connectivity index (χ0) is 20.5. The van der Waals surface area contributed by atoms with E-state index in [-0.39, 0.29) is 0 Å². The Morgan fingerprint density at radius 2 is 1.89 bits per heavy atom. The molecule has 2 aromatic carbocycles. The second-order valence-corrected chi connectivity index (χ2v) is 7.40. The molecule has 2 N–H and O–H groups in total. The van der Waals surface area contributed by atoms with Crippen molar-refractivity contribution < 1.29 is 19.4 Å². The molecule has 0 spiro atoms. The van der Waals surface area contributed by atoms with Crippen molar-refractivity contribution in [1.82, 2.24) is 5.32 Å². The van der Waals surface area contributed by atoms with Gasteiger partial charge in [-0.25, -0.2) is 0 Å². The summed E-state index contributed by atoms with van der Waals surface area (Å²) in [5, 5.41) is 13.1. The van der Waals surface area contributed by atoms with E-state index in [1.165, 1.54) is 0 Å². The summed E-state index contributed by atoms with van der Waals surface area (Å²) in [6, 6.07) is 12.6. The van der Waals surface area contributed by atoms with E-state index < -0.39 is 12.0 Å². The number of ether oxygens (including phenoxy) is 2. The Morgan fingerprint density at radius 3 is 2.54 bits per heavy atom. The summed E-state index contributed by atoms with van der Waals surface area (Å²) in [5.41, 5.74) is 1.83. The molecule has 152 valence electrons. The first kappa shape index (κ1) is 22.1. The highest BCUT2D eigenvalue weighted by molar-refractivity contribution is 6.31. The molecule has 0 bridgehead atoms. The van der Waals surface area contributed by atoms with Crippen LogP contribution in [0.2, 0.25) is 5.02 Å². The van der Waals surface area contributed by atoms with E-state index in [1.807, 2.05) is 63.2 Å². The first-order valence-electron chi connectivity index (χ1n) is 9.48. The third-order valence-electron chi connectivity index (χ3n) is 4.21. The predicted molar refractivity (Wildman–Crippen MR) is 111 cm³/mol. The van der Waals surface area contributed by atoms with E-state index in [0.717, 1.165) is 11.1 Å². The highest BCUT2D eigenvalue weighted by Gasteiger charge is 2.18. The number of hydrogen-bond acceptors (Lipinski definition) is 4. The van der Waals surface area contributed by atoms with E-state index in [9.17, 15) is 9.90 Å². The minimum Gasteiger partial charge on any atom is -0.490 e. The summed E-state index contributed by atoms with van der Waals surface area (Å²) in [5.74, 6) is 0.721. The average molecular weight is 406 g/mol. The molecule has 0 amide bonds. The standard InChI is InChI=1S/C22H28ClNO4/c1-4-27-21-12-16(13-24-19(22(25)26)11-15(2)3)9-10-20(21)28-14-17-7-5-6-8-18(17)23/h5-10,12,15,19,24H,4,11,13-14H2,1-3H3,(H,25,26). The molecule has 5 nitrogen and oxygen atoms in total. The van der Waals surface area contributed by atoms with Gasteiger partial charge in [0.15, 0.2) is 11.5 Å². The highest BCUT2D eigenvalue weighted by atomic mass is 35.5. The van der Waals surface area contributed by atoms with Gasteiger partial charge in [0, 0.05) is 17.1 Å². The number of hydrogen-bond donors (Lipinski definition) is 2. The molecular formula is C22H28ClNO4. The van der Waals surface area contributed by atoms with Gasteiger partial charge in [-0.1, -0.05) is 49.7 Å². The zero-order valence-corrected chi connectivity index (χ0v) is 17.3. The Kier molecular flexibility index (Phi) is 8.61. The van der Waals surface area contributed by atoms with Crippen molar-refractivity contribution in [1.29, 1.82) is 0 Å². The van der Waals surface area contributed by atoms with E-state index in [2.05, 4.69) is 5.32 Å². The number of carbonyl (C=O) groups is 1. The van der Waals surface area contributed by atoms with Gasteiger partial charge in [0.05, 0.1) is 6.61 Å². The van der Waals surface area contributed by atoms with Crippen molar-refractivity contribution in [3.05, 3.63) is 58.6 Å². The van der Waals surface area contributed by atoms with E-state index in [4.69, 9.17) is 21.1 Å². The van der Waals surface area contributed by atoms with Crippen LogP contribution in [-0.2, 0) is 17.9 Å². The topological polar surface area (TPSA) is 67.8 Å². The number of halogens is 1. The van der Waals surface area contributed by atoms with Crippen molar-refractivity contribution in [2.45, 2.75) is 46.4 Å². The molecule has 0 aliphatic rings. The first-order valence-corrected chi connectivity index (χ1v) is 9.86. The quantitative estimate of drug-likeness (QED) is 0.556. The third-order valence-corrected chi connectivity index (χ3v) is 4.58. The van der Waals surface area contributed by atoms with Crippen LogP contribution in [0.1, 0.15) is 38.3 Å². The maximum atomic E-state index is 11.4. The van der Waals surface area contributed by atoms with E-state index in [0.29, 0.717) is 48.6 Å². The molecular weight excluding hydrogens is 378 g/mol. The summed E-state index contributed by atoms with van der Waals surface area (Å²) in [4.78, 5) is 11.4. The molecule has 0 heterocycles. The Labute approximate surface area is 171 Å². The van der Waals surface area contributed by atoms with Crippen LogP contribution in [0.3, 0.4) is 0 Å². The second kappa shape index (κ2) is 10.9. The van der Waals surface area contributed by atoms with Gasteiger partial charge < -0.3 is 19.9 Å². The fourth-order valence-corrected chi connectivity index (χ4v) is 3.00. The van der Waals surface area contributed by atoms with Crippen LogP contribution >= 0.6 is 11.6 Å². The van der Waals surface area contributed by atoms with Crippen LogP contribution in [0, 0.1) is 5.92 Å².